The lowest BCUT2D eigenvalue weighted by Crippen LogP contribution is -2.22. The Labute approximate surface area is 108 Å². The maximum atomic E-state index is 6.30. The second kappa shape index (κ2) is 5.85. The number of hydrogen-bond donors (Lipinski definition) is 1. The summed E-state index contributed by atoms with van der Waals surface area (Å²) in [6, 6.07) is 6.08. The van der Waals surface area contributed by atoms with Crippen molar-refractivity contribution in [2.45, 2.75) is 32.2 Å². The molecule has 2 nitrogen and oxygen atoms in total. The average Bonchev–Trinajstić information content (AvgIpc) is 2.34. The van der Waals surface area contributed by atoms with Crippen LogP contribution in [0.4, 0.5) is 0 Å². The fraction of sp³-hybridized carbons (Fsp3) is 0.571. The van der Waals surface area contributed by atoms with Gasteiger partial charge in [0.15, 0.2) is 0 Å². The number of hydrogen-bond acceptors (Lipinski definition) is 2. The summed E-state index contributed by atoms with van der Waals surface area (Å²) in [5, 5.41) is 0.810. The van der Waals surface area contributed by atoms with Crippen LogP contribution in [-0.2, 0) is 4.74 Å². The molecule has 0 radical (unpaired) electrons. The van der Waals surface area contributed by atoms with Crippen molar-refractivity contribution in [2.24, 2.45) is 11.7 Å². The van der Waals surface area contributed by atoms with Crippen molar-refractivity contribution in [3.8, 4) is 0 Å². The van der Waals surface area contributed by atoms with Crippen molar-refractivity contribution in [1.29, 1.82) is 0 Å². The summed E-state index contributed by atoms with van der Waals surface area (Å²) < 4.78 is 5.37. The van der Waals surface area contributed by atoms with E-state index in [1.807, 2.05) is 19.1 Å². The quantitative estimate of drug-likeness (QED) is 0.895. The van der Waals surface area contributed by atoms with Gasteiger partial charge in [0.1, 0.15) is 0 Å². The highest BCUT2D eigenvalue weighted by atomic mass is 35.5. The topological polar surface area (TPSA) is 35.2 Å². The van der Waals surface area contributed by atoms with Crippen LogP contribution in [0.25, 0.3) is 0 Å². The van der Waals surface area contributed by atoms with E-state index in [4.69, 9.17) is 22.1 Å². The predicted molar refractivity (Wildman–Crippen MR) is 71.3 cm³/mol. The molecule has 0 spiro atoms. The van der Waals surface area contributed by atoms with Crippen molar-refractivity contribution in [3.05, 3.63) is 34.3 Å². The van der Waals surface area contributed by atoms with Crippen LogP contribution >= 0.6 is 11.6 Å². The highest BCUT2D eigenvalue weighted by Gasteiger charge is 2.19. The van der Waals surface area contributed by atoms with Crippen LogP contribution in [0, 0.1) is 12.8 Å². The Kier molecular flexibility index (Phi) is 4.43. The van der Waals surface area contributed by atoms with E-state index in [-0.39, 0.29) is 6.04 Å². The first-order valence-corrected chi connectivity index (χ1v) is 6.64. The van der Waals surface area contributed by atoms with Crippen LogP contribution in [-0.4, -0.2) is 13.2 Å². The summed E-state index contributed by atoms with van der Waals surface area (Å²) >= 11 is 6.13. The van der Waals surface area contributed by atoms with E-state index in [2.05, 4.69) is 6.07 Å². The van der Waals surface area contributed by atoms with Crippen molar-refractivity contribution < 1.29 is 4.74 Å². The van der Waals surface area contributed by atoms with E-state index in [1.165, 1.54) is 5.56 Å². The highest BCUT2D eigenvalue weighted by molar-refractivity contribution is 6.31. The molecule has 1 atom stereocenters. The molecule has 1 aromatic rings. The summed E-state index contributed by atoms with van der Waals surface area (Å²) in [5.41, 5.74) is 8.60. The third-order valence-electron chi connectivity index (χ3n) is 3.64. The maximum Gasteiger partial charge on any atom is 0.0468 e. The minimum atomic E-state index is 0.0943. The fourth-order valence-electron chi connectivity index (χ4n) is 2.49. The monoisotopic (exact) mass is 253 g/mol. The molecule has 1 aliphatic rings. The number of nitrogens with two attached hydrogens (primary N) is 1. The Morgan fingerprint density at radius 3 is 2.82 bits per heavy atom. The summed E-state index contributed by atoms with van der Waals surface area (Å²) in [5.74, 6) is 0.692. The van der Waals surface area contributed by atoms with E-state index in [0.717, 1.165) is 43.1 Å². The highest BCUT2D eigenvalue weighted by Crippen LogP contribution is 2.29. The molecule has 1 aliphatic heterocycles. The smallest absolute Gasteiger partial charge is 0.0468 e. The van der Waals surface area contributed by atoms with E-state index in [1.54, 1.807) is 0 Å². The molecular weight excluding hydrogens is 234 g/mol. The molecule has 1 heterocycles. The van der Waals surface area contributed by atoms with Crippen molar-refractivity contribution in [3.63, 3.8) is 0 Å². The van der Waals surface area contributed by atoms with Gasteiger partial charge in [0.2, 0.25) is 0 Å². The lowest BCUT2D eigenvalue weighted by atomic mass is 9.88. The molecule has 1 saturated heterocycles. The summed E-state index contributed by atoms with van der Waals surface area (Å²) in [6.07, 6.45) is 3.30. The molecule has 0 amide bonds. The second-order valence-corrected chi connectivity index (χ2v) is 5.26. The summed E-state index contributed by atoms with van der Waals surface area (Å²) in [6.45, 7) is 3.80. The van der Waals surface area contributed by atoms with Crippen molar-refractivity contribution >= 4 is 11.6 Å². The molecule has 0 saturated carbocycles. The predicted octanol–water partition coefficient (Wildman–Crippen LogP) is 3.46. The summed E-state index contributed by atoms with van der Waals surface area (Å²) in [7, 11) is 0. The molecule has 0 aromatic heterocycles. The molecule has 1 aromatic carbocycles. The molecular formula is C14H20ClNO. The molecule has 1 unspecified atom stereocenters. The van der Waals surface area contributed by atoms with Gasteiger partial charge in [-0.2, -0.15) is 0 Å². The number of ether oxygens (including phenoxy) is 1. The van der Waals surface area contributed by atoms with Crippen molar-refractivity contribution in [1.82, 2.24) is 0 Å². The van der Waals surface area contributed by atoms with Gasteiger partial charge >= 0.3 is 0 Å². The number of halogens is 1. The zero-order valence-corrected chi connectivity index (χ0v) is 11.0. The normalized spacial score (nSPS) is 19.2. The van der Waals surface area contributed by atoms with E-state index in [9.17, 15) is 0 Å². The minimum Gasteiger partial charge on any atom is -0.381 e. The van der Waals surface area contributed by atoms with Gasteiger partial charge in [-0.3, -0.25) is 0 Å². The van der Waals surface area contributed by atoms with Crippen LogP contribution in [0.3, 0.4) is 0 Å². The van der Waals surface area contributed by atoms with Crippen LogP contribution in [0.2, 0.25) is 5.02 Å². The molecule has 2 N–H and O–H groups in total. The lowest BCUT2D eigenvalue weighted by molar-refractivity contribution is 0.0618. The van der Waals surface area contributed by atoms with E-state index >= 15 is 0 Å². The van der Waals surface area contributed by atoms with Gasteiger partial charge in [-0.25, -0.2) is 0 Å². The fourth-order valence-corrected chi connectivity index (χ4v) is 2.68. The molecule has 0 bridgehead atoms. The van der Waals surface area contributed by atoms with E-state index < -0.39 is 0 Å². The van der Waals surface area contributed by atoms with Gasteiger partial charge in [-0.15, -0.1) is 0 Å². The average molecular weight is 254 g/mol. The number of rotatable bonds is 3. The number of benzene rings is 1. The van der Waals surface area contributed by atoms with Crippen LogP contribution < -0.4 is 5.73 Å². The Morgan fingerprint density at radius 2 is 2.12 bits per heavy atom. The first kappa shape index (κ1) is 12.9. The third kappa shape index (κ3) is 3.21. The largest absolute Gasteiger partial charge is 0.381 e. The van der Waals surface area contributed by atoms with Gasteiger partial charge < -0.3 is 10.5 Å². The zero-order chi connectivity index (χ0) is 12.3. The van der Waals surface area contributed by atoms with Crippen molar-refractivity contribution in [2.75, 3.05) is 13.2 Å². The van der Waals surface area contributed by atoms with Gasteiger partial charge in [0, 0.05) is 24.3 Å². The third-order valence-corrected chi connectivity index (χ3v) is 4.05. The Balaban J connectivity index is 2.03. The minimum absolute atomic E-state index is 0.0943. The first-order chi connectivity index (χ1) is 8.18. The van der Waals surface area contributed by atoms with Crippen LogP contribution in [0.15, 0.2) is 18.2 Å². The molecule has 3 heteroatoms. The van der Waals surface area contributed by atoms with Gasteiger partial charge in [0.25, 0.3) is 0 Å². The molecule has 0 aliphatic carbocycles. The molecule has 1 fully saturated rings. The molecule has 94 valence electrons. The van der Waals surface area contributed by atoms with Crippen LogP contribution in [0.1, 0.15) is 36.4 Å². The Morgan fingerprint density at radius 1 is 1.41 bits per heavy atom. The second-order valence-electron chi connectivity index (χ2n) is 4.85. The summed E-state index contributed by atoms with van der Waals surface area (Å²) in [4.78, 5) is 0. The zero-order valence-electron chi connectivity index (χ0n) is 10.3. The lowest BCUT2D eigenvalue weighted by Gasteiger charge is -2.25. The van der Waals surface area contributed by atoms with Crippen LogP contribution in [0.5, 0.6) is 0 Å². The Bertz CT molecular complexity index is 374. The first-order valence-electron chi connectivity index (χ1n) is 6.27. The van der Waals surface area contributed by atoms with Gasteiger partial charge in [-0.1, -0.05) is 23.7 Å². The maximum absolute atomic E-state index is 6.30. The van der Waals surface area contributed by atoms with Gasteiger partial charge in [-0.05, 0) is 49.3 Å². The molecule has 2 rings (SSSR count). The SMILES string of the molecule is Cc1c(Cl)cccc1C(N)CC1CCOCC1. The van der Waals surface area contributed by atoms with E-state index in [0.29, 0.717) is 5.92 Å². The Hall–Kier alpha value is -0.570. The molecule has 17 heavy (non-hydrogen) atoms. The van der Waals surface area contributed by atoms with Gasteiger partial charge in [0.05, 0.1) is 0 Å². The standard InChI is InChI=1S/C14H20ClNO/c1-10-12(3-2-4-13(10)15)14(16)9-11-5-7-17-8-6-11/h2-4,11,14H,5-9,16H2,1H3.